The van der Waals surface area contributed by atoms with E-state index in [4.69, 9.17) is 0 Å². The van der Waals surface area contributed by atoms with Crippen LogP contribution in [0.2, 0.25) is 0 Å². The first-order valence-electron chi connectivity index (χ1n) is 5.60. The number of ketones is 1. The molecule has 0 aromatic heterocycles. The van der Waals surface area contributed by atoms with Crippen molar-refractivity contribution in [2.45, 2.75) is 13.3 Å². The zero-order valence-corrected chi connectivity index (χ0v) is 9.91. The standard InChI is InChI=1S/C15H12F2O/c1-10-7-14(17)6-5-11(10)9-15(18)12-3-2-4-13(16)8-12/h2-8H,9H2,1H3. The zero-order chi connectivity index (χ0) is 13.1. The summed E-state index contributed by atoms with van der Waals surface area (Å²) in [6, 6.07) is 9.86. The van der Waals surface area contributed by atoms with Crippen LogP contribution in [-0.2, 0) is 6.42 Å². The number of carbonyl (C=O) groups is 1. The lowest BCUT2D eigenvalue weighted by molar-refractivity contribution is 0.0992. The van der Waals surface area contributed by atoms with Gasteiger partial charge in [-0.2, -0.15) is 0 Å². The highest BCUT2D eigenvalue weighted by atomic mass is 19.1. The Morgan fingerprint density at radius 2 is 1.78 bits per heavy atom. The summed E-state index contributed by atoms with van der Waals surface area (Å²) in [5.41, 5.74) is 1.81. The van der Waals surface area contributed by atoms with E-state index in [1.807, 2.05) is 0 Å². The van der Waals surface area contributed by atoms with Crippen LogP contribution in [0.4, 0.5) is 8.78 Å². The van der Waals surface area contributed by atoms with Crippen molar-refractivity contribution in [1.82, 2.24) is 0 Å². The van der Waals surface area contributed by atoms with Gasteiger partial charge in [-0.1, -0.05) is 18.2 Å². The SMILES string of the molecule is Cc1cc(F)ccc1CC(=O)c1cccc(F)c1. The molecule has 0 aliphatic heterocycles. The van der Waals surface area contributed by atoms with Gasteiger partial charge in [0.05, 0.1) is 0 Å². The lowest BCUT2D eigenvalue weighted by Crippen LogP contribution is -2.05. The molecule has 0 saturated heterocycles. The Kier molecular flexibility index (Phi) is 3.51. The Balaban J connectivity index is 2.21. The lowest BCUT2D eigenvalue weighted by atomic mass is 9.99. The van der Waals surface area contributed by atoms with Crippen LogP contribution < -0.4 is 0 Å². The molecule has 0 unspecified atom stereocenters. The van der Waals surface area contributed by atoms with E-state index >= 15 is 0 Å². The Morgan fingerprint density at radius 3 is 2.44 bits per heavy atom. The number of hydrogen-bond donors (Lipinski definition) is 0. The van der Waals surface area contributed by atoms with Crippen molar-refractivity contribution < 1.29 is 13.6 Å². The number of benzene rings is 2. The second kappa shape index (κ2) is 5.08. The van der Waals surface area contributed by atoms with E-state index in [0.717, 1.165) is 11.1 Å². The molecular formula is C15H12F2O. The molecule has 0 heterocycles. The van der Waals surface area contributed by atoms with Gasteiger partial charge in [0.25, 0.3) is 0 Å². The van der Waals surface area contributed by atoms with E-state index in [1.54, 1.807) is 19.1 Å². The predicted molar refractivity (Wildman–Crippen MR) is 65.6 cm³/mol. The van der Waals surface area contributed by atoms with Crippen LogP contribution in [0.3, 0.4) is 0 Å². The molecule has 92 valence electrons. The molecule has 18 heavy (non-hydrogen) atoms. The van der Waals surface area contributed by atoms with Crippen molar-refractivity contribution in [3.05, 3.63) is 70.8 Å². The monoisotopic (exact) mass is 246 g/mol. The molecule has 2 rings (SSSR count). The molecule has 0 atom stereocenters. The number of carbonyl (C=O) groups excluding carboxylic acids is 1. The molecule has 0 fully saturated rings. The first kappa shape index (κ1) is 12.4. The highest BCUT2D eigenvalue weighted by molar-refractivity contribution is 5.97. The van der Waals surface area contributed by atoms with Gasteiger partial charge in [0, 0.05) is 12.0 Å². The van der Waals surface area contributed by atoms with E-state index in [0.29, 0.717) is 5.56 Å². The predicted octanol–water partition coefficient (Wildman–Crippen LogP) is 3.70. The second-order valence-corrected chi connectivity index (χ2v) is 4.18. The van der Waals surface area contributed by atoms with Crippen LogP contribution in [0.5, 0.6) is 0 Å². The van der Waals surface area contributed by atoms with E-state index < -0.39 is 5.82 Å². The number of aryl methyl sites for hydroxylation is 1. The van der Waals surface area contributed by atoms with Crippen molar-refractivity contribution in [2.75, 3.05) is 0 Å². The summed E-state index contributed by atoms with van der Waals surface area (Å²) in [7, 11) is 0. The maximum absolute atomic E-state index is 13.0. The molecule has 2 aromatic carbocycles. The van der Waals surface area contributed by atoms with Crippen LogP contribution in [0.25, 0.3) is 0 Å². The molecule has 2 aromatic rings. The summed E-state index contributed by atoms with van der Waals surface area (Å²) >= 11 is 0. The number of halogens is 2. The molecule has 0 N–H and O–H groups in total. The van der Waals surface area contributed by atoms with E-state index in [1.165, 1.54) is 30.3 Å². The minimum Gasteiger partial charge on any atom is -0.294 e. The van der Waals surface area contributed by atoms with Gasteiger partial charge >= 0.3 is 0 Å². The van der Waals surface area contributed by atoms with E-state index in [9.17, 15) is 13.6 Å². The van der Waals surface area contributed by atoms with Crippen LogP contribution >= 0.6 is 0 Å². The summed E-state index contributed by atoms with van der Waals surface area (Å²) in [4.78, 5) is 11.9. The number of Topliss-reactive ketones (excluding diaryl/α,β-unsaturated/α-hetero) is 1. The topological polar surface area (TPSA) is 17.1 Å². The molecule has 0 aliphatic carbocycles. The Labute approximate surface area is 104 Å². The highest BCUT2D eigenvalue weighted by Gasteiger charge is 2.10. The van der Waals surface area contributed by atoms with Gasteiger partial charge < -0.3 is 0 Å². The molecule has 0 spiro atoms. The quantitative estimate of drug-likeness (QED) is 0.755. The second-order valence-electron chi connectivity index (χ2n) is 4.18. The third kappa shape index (κ3) is 2.80. The highest BCUT2D eigenvalue weighted by Crippen LogP contribution is 2.14. The fourth-order valence-electron chi connectivity index (χ4n) is 1.79. The molecule has 1 nitrogen and oxygen atoms in total. The summed E-state index contributed by atoms with van der Waals surface area (Å²) < 4.78 is 25.9. The van der Waals surface area contributed by atoms with Gasteiger partial charge in [-0.15, -0.1) is 0 Å². The fraction of sp³-hybridized carbons (Fsp3) is 0.133. The van der Waals surface area contributed by atoms with Crippen LogP contribution in [0.15, 0.2) is 42.5 Å². The van der Waals surface area contributed by atoms with Gasteiger partial charge in [0.2, 0.25) is 0 Å². The summed E-state index contributed by atoms with van der Waals surface area (Å²) in [6.07, 6.45) is 0.148. The van der Waals surface area contributed by atoms with Crippen LogP contribution in [0.1, 0.15) is 21.5 Å². The Bertz CT molecular complexity index is 591. The summed E-state index contributed by atoms with van der Waals surface area (Å²) in [5.74, 6) is -0.935. The van der Waals surface area contributed by atoms with Crippen molar-refractivity contribution in [1.29, 1.82) is 0 Å². The summed E-state index contributed by atoms with van der Waals surface area (Å²) in [5, 5.41) is 0. The largest absolute Gasteiger partial charge is 0.294 e. The Morgan fingerprint density at radius 1 is 1.06 bits per heavy atom. The van der Waals surface area contributed by atoms with E-state index in [-0.39, 0.29) is 18.0 Å². The van der Waals surface area contributed by atoms with Gasteiger partial charge in [-0.3, -0.25) is 4.79 Å². The molecule has 0 amide bonds. The zero-order valence-electron chi connectivity index (χ0n) is 9.91. The summed E-state index contributed by atoms with van der Waals surface area (Å²) in [6.45, 7) is 1.75. The lowest BCUT2D eigenvalue weighted by Gasteiger charge is -2.05. The first-order valence-corrected chi connectivity index (χ1v) is 5.60. The van der Waals surface area contributed by atoms with Crippen LogP contribution in [0, 0.1) is 18.6 Å². The van der Waals surface area contributed by atoms with Crippen molar-refractivity contribution in [2.24, 2.45) is 0 Å². The van der Waals surface area contributed by atoms with Gasteiger partial charge in [0.1, 0.15) is 11.6 Å². The molecule has 3 heteroatoms. The third-order valence-corrected chi connectivity index (χ3v) is 2.80. The average Bonchev–Trinajstić information content (AvgIpc) is 2.32. The van der Waals surface area contributed by atoms with Crippen molar-refractivity contribution in [3.63, 3.8) is 0 Å². The molecule has 0 radical (unpaired) electrons. The average molecular weight is 246 g/mol. The van der Waals surface area contributed by atoms with Gasteiger partial charge in [-0.05, 0) is 42.3 Å². The Hall–Kier alpha value is -2.03. The first-order chi connectivity index (χ1) is 8.56. The minimum absolute atomic E-state index is 0.148. The van der Waals surface area contributed by atoms with Crippen molar-refractivity contribution >= 4 is 5.78 Å². The molecule has 0 saturated carbocycles. The van der Waals surface area contributed by atoms with Gasteiger partial charge in [-0.25, -0.2) is 8.78 Å². The van der Waals surface area contributed by atoms with Crippen molar-refractivity contribution in [3.8, 4) is 0 Å². The number of rotatable bonds is 3. The molecule has 0 aliphatic rings. The maximum Gasteiger partial charge on any atom is 0.167 e. The molecular weight excluding hydrogens is 234 g/mol. The van der Waals surface area contributed by atoms with Crippen LogP contribution in [-0.4, -0.2) is 5.78 Å². The number of hydrogen-bond acceptors (Lipinski definition) is 1. The normalized spacial score (nSPS) is 10.4. The molecule has 0 bridgehead atoms. The maximum atomic E-state index is 13.0. The fourth-order valence-corrected chi connectivity index (χ4v) is 1.79. The smallest absolute Gasteiger partial charge is 0.167 e. The minimum atomic E-state index is -0.434. The van der Waals surface area contributed by atoms with Gasteiger partial charge in [0.15, 0.2) is 5.78 Å². The third-order valence-electron chi connectivity index (χ3n) is 2.80. The van der Waals surface area contributed by atoms with E-state index in [2.05, 4.69) is 0 Å².